The van der Waals surface area contributed by atoms with Crippen LogP contribution >= 0.6 is 0 Å². The summed E-state index contributed by atoms with van der Waals surface area (Å²) in [5, 5.41) is 16.0. The Bertz CT molecular complexity index is 2000. The Labute approximate surface area is 317 Å². The fourth-order valence-corrected chi connectivity index (χ4v) is 8.58. The fourth-order valence-electron chi connectivity index (χ4n) is 8.58. The van der Waals surface area contributed by atoms with Crippen molar-refractivity contribution >= 4 is 40.7 Å². The van der Waals surface area contributed by atoms with Crippen molar-refractivity contribution in [2.75, 3.05) is 36.0 Å². The van der Waals surface area contributed by atoms with Crippen LogP contribution in [0.25, 0.3) is 11.6 Å². The van der Waals surface area contributed by atoms with Crippen LogP contribution in [0.15, 0.2) is 97.1 Å². The van der Waals surface area contributed by atoms with Gasteiger partial charge in [0.15, 0.2) is 0 Å². The Kier molecular flexibility index (Phi) is 10.5. The molecule has 0 bridgehead atoms. The van der Waals surface area contributed by atoms with Crippen LogP contribution in [0.4, 0.5) is 11.4 Å². The third-order valence-corrected chi connectivity index (χ3v) is 11.7. The number of phenolic OH excluding ortho intramolecular Hbond substituents is 1. The van der Waals surface area contributed by atoms with E-state index in [2.05, 4.69) is 87.2 Å². The highest BCUT2D eigenvalue weighted by Gasteiger charge is 2.39. The monoisotopic (exact) mass is 723 g/mol. The third-order valence-electron chi connectivity index (χ3n) is 11.7. The Morgan fingerprint density at radius 1 is 0.759 bits per heavy atom. The Morgan fingerprint density at radius 3 is 2.07 bits per heavy atom. The number of piperidine rings is 3. The number of carbonyl (C=O) groups is 3. The smallest absolute Gasteiger partial charge is 0.255 e. The van der Waals surface area contributed by atoms with Gasteiger partial charge in [-0.15, -0.1) is 0 Å². The van der Waals surface area contributed by atoms with Gasteiger partial charge < -0.3 is 25.1 Å². The molecular formula is C45H49N5O4. The van der Waals surface area contributed by atoms with Crippen LogP contribution in [0.5, 0.6) is 5.75 Å². The molecule has 9 heteroatoms. The van der Waals surface area contributed by atoms with Gasteiger partial charge in [-0.1, -0.05) is 60.7 Å². The maximum atomic E-state index is 13.1. The maximum absolute atomic E-state index is 13.1. The van der Waals surface area contributed by atoms with Crippen molar-refractivity contribution in [1.82, 2.24) is 15.5 Å². The first-order valence-electron chi connectivity index (χ1n) is 19.5. The molecule has 4 aromatic rings. The van der Waals surface area contributed by atoms with Crippen LogP contribution in [-0.4, -0.2) is 72.0 Å². The number of hydrogen-bond donors (Lipinski definition) is 3. The number of imide groups is 1. The molecule has 8 rings (SSSR count). The highest BCUT2D eigenvalue weighted by molar-refractivity contribution is 6.05. The van der Waals surface area contributed by atoms with Gasteiger partial charge in [-0.05, 0) is 115 Å². The number of hydrogen-bond acceptors (Lipinski definition) is 7. The number of fused-ring (bicyclic) bond motifs is 1. The van der Waals surface area contributed by atoms with Crippen molar-refractivity contribution in [2.45, 2.75) is 76.0 Å². The summed E-state index contributed by atoms with van der Waals surface area (Å²) in [7, 11) is 0. The molecule has 3 N–H and O–H groups in total. The molecule has 0 spiro atoms. The van der Waals surface area contributed by atoms with E-state index in [1.165, 1.54) is 28.0 Å². The van der Waals surface area contributed by atoms with Crippen LogP contribution in [0.3, 0.4) is 0 Å². The van der Waals surface area contributed by atoms with Gasteiger partial charge >= 0.3 is 0 Å². The topological polar surface area (TPSA) is 105 Å². The van der Waals surface area contributed by atoms with E-state index in [9.17, 15) is 19.5 Å². The first-order chi connectivity index (χ1) is 26.4. The van der Waals surface area contributed by atoms with Gasteiger partial charge in [-0.25, -0.2) is 0 Å². The summed E-state index contributed by atoms with van der Waals surface area (Å²) in [6.45, 7) is 4.41. The van der Waals surface area contributed by atoms with Crippen molar-refractivity contribution < 1.29 is 19.5 Å². The minimum Gasteiger partial charge on any atom is -0.508 e. The van der Waals surface area contributed by atoms with E-state index in [1.54, 1.807) is 17.0 Å². The van der Waals surface area contributed by atoms with Crippen molar-refractivity contribution in [3.63, 3.8) is 0 Å². The predicted molar refractivity (Wildman–Crippen MR) is 213 cm³/mol. The Balaban J connectivity index is 0.809. The number of aromatic hydroxyl groups is 1. The normalized spacial score (nSPS) is 20.0. The van der Waals surface area contributed by atoms with E-state index in [4.69, 9.17) is 0 Å². The molecule has 3 fully saturated rings. The molecule has 3 amide bonds. The minimum atomic E-state index is -0.587. The first-order valence-corrected chi connectivity index (χ1v) is 19.5. The Hall–Kier alpha value is -5.41. The highest BCUT2D eigenvalue weighted by Crippen LogP contribution is 2.32. The average molecular weight is 724 g/mol. The van der Waals surface area contributed by atoms with E-state index >= 15 is 0 Å². The van der Waals surface area contributed by atoms with Crippen LogP contribution in [0, 0.1) is 0 Å². The number of nitrogens with one attached hydrogen (secondary N) is 2. The van der Waals surface area contributed by atoms with Gasteiger partial charge in [0.05, 0.1) is 0 Å². The summed E-state index contributed by atoms with van der Waals surface area (Å²) in [4.78, 5) is 43.7. The molecular weight excluding hydrogens is 675 g/mol. The zero-order valence-corrected chi connectivity index (χ0v) is 30.8. The lowest BCUT2D eigenvalue weighted by molar-refractivity contribution is -0.136. The third kappa shape index (κ3) is 8.06. The molecule has 3 saturated heterocycles. The molecule has 1 unspecified atom stereocenters. The van der Waals surface area contributed by atoms with E-state index in [0.29, 0.717) is 36.4 Å². The largest absolute Gasteiger partial charge is 0.508 e. The Morgan fingerprint density at radius 2 is 1.41 bits per heavy atom. The van der Waals surface area contributed by atoms with Crippen LogP contribution < -0.4 is 20.4 Å². The number of benzene rings is 4. The average Bonchev–Trinajstić information content (AvgIpc) is 3.53. The first kappa shape index (κ1) is 35.6. The lowest BCUT2D eigenvalue weighted by Crippen LogP contribution is -2.52. The SMILES string of the molecule is O=C1CCC(N2Cc3cc(N4CCC(NC5CCN(c6ccc(/C=C(\CCc7ccc(O)cc7)c7ccccc7)cc6)CC5)CC4)ccc3C2=O)C(=O)N1. The lowest BCUT2D eigenvalue weighted by atomic mass is 9.96. The number of amides is 3. The van der Waals surface area contributed by atoms with Crippen LogP contribution in [-0.2, 0) is 22.6 Å². The molecule has 0 aromatic heterocycles. The molecule has 4 heterocycles. The number of rotatable bonds is 10. The number of carbonyl (C=O) groups excluding carboxylic acids is 3. The quantitative estimate of drug-likeness (QED) is 0.126. The van der Waals surface area contributed by atoms with Gasteiger partial charge in [0.1, 0.15) is 11.8 Å². The summed E-state index contributed by atoms with van der Waals surface area (Å²) in [6.07, 6.45) is 9.18. The van der Waals surface area contributed by atoms with E-state index in [0.717, 1.165) is 76.0 Å². The second-order valence-corrected chi connectivity index (χ2v) is 15.2. The lowest BCUT2D eigenvalue weighted by Gasteiger charge is -2.39. The maximum Gasteiger partial charge on any atom is 0.255 e. The zero-order valence-electron chi connectivity index (χ0n) is 30.8. The van der Waals surface area contributed by atoms with Crippen molar-refractivity contribution in [3.8, 4) is 5.75 Å². The molecule has 4 aromatic carbocycles. The molecule has 1 atom stereocenters. The molecule has 9 nitrogen and oxygen atoms in total. The van der Waals surface area contributed by atoms with Crippen molar-refractivity contribution in [1.29, 1.82) is 0 Å². The van der Waals surface area contributed by atoms with Gasteiger partial charge in [-0.3, -0.25) is 19.7 Å². The second-order valence-electron chi connectivity index (χ2n) is 15.2. The van der Waals surface area contributed by atoms with Gasteiger partial charge in [0.25, 0.3) is 5.91 Å². The summed E-state index contributed by atoms with van der Waals surface area (Å²) in [5.41, 5.74) is 8.98. The molecule has 54 heavy (non-hydrogen) atoms. The molecule has 278 valence electrons. The number of aryl methyl sites for hydroxylation is 1. The number of allylic oxidation sites excluding steroid dienone is 1. The number of anilines is 2. The van der Waals surface area contributed by atoms with Crippen molar-refractivity contribution in [3.05, 3.63) is 125 Å². The standard InChI is InChI=1S/C45H49N5O4/c51-40-15-9-31(10-16-40)6-11-34(33-4-2-1-3-5-33)28-32-7-12-38(13-8-32)48-24-20-36(21-25-48)46-37-22-26-49(27-23-37)39-14-17-41-35(29-39)30-50(45(41)54)42-18-19-43(52)47-44(42)53/h1-5,7-10,12-17,28-29,36-37,42,46,51H,6,11,18-27,30H2,(H,47,52,53)/b34-28+. The van der Waals surface area contributed by atoms with Gasteiger partial charge in [-0.2, -0.15) is 0 Å². The van der Waals surface area contributed by atoms with Crippen LogP contribution in [0.1, 0.15) is 77.6 Å². The summed E-state index contributed by atoms with van der Waals surface area (Å²) in [5.74, 6) is -0.466. The van der Waals surface area contributed by atoms with E-state index in [1.807, 2.05) is 24.3 Å². The molecule has 4 aliphatic rings. The predicted octanol–water partition coefficient (Wildman–Crippen LogP) is 6.55. The van der Waals surface area contributed by atoms with E-state index < -0.39 is 6.04 Å². The number of phenols is 1. The van der Waals surface area contributed by atoms with E-state index in [-0.39, 0.29) is 24.1 Å². The molecule has 4 aliphatic heterocycles. The second kappa shape index (κ2) is 15.9. The highest BCUT2D eigenvalue weighted by atomic mass is 16.3. The van der Waals surface area contributed by atoms with Gasteiger partial charge in [0.2, 0.25) is 11.8 Å². The molecule has 0 saturated carbocycles. The summed E-state index contributed by atoms with van der Waals surface area (Å²) in [6, 6.07) is 33.6. The fraction of sp³-hybridized carbons (Fsp3) is 0.356. The number of nitrogens with zero attached hydrogens (tertiary/aromatic N) is 3. The van der Waals surface area contributed by atoms with Gasteiger partial charge in [0, 0.05) is 68.2 Å². The minimum absolute atomic E-state index is 0.124. The summed E-state index contributed by atoms with van der Waals surface area (Å²) >= 11 is 0. The molecule has 0 radical (unpaired) electrons. The molecule has 0 aliphatic carbocycles. The van der Waals surface area contributed by atoms with Crippen molar-refractivity contribution in [2.24, 2.45) is 0 Å². The zero-order chi connectivity index (χ0) is 37.0. The van der Waals surface area contributed by atoms with Crippen LogP contribution in [0.2, 0.25) is 0 Å². The summed E-state index contributed by atoms with van der Waals surface area (Å²) < 4.78 is 0.